The van der Waals surface area contributed by atoms with Gasteiger partial charge in [-0.3, -0.25) is 4.57 Å². The van der Waals surface area contributed by atoms with Gasteiger partial charge < -0.3 is 9.13 Å². The molecule has 10 aromatic carbocycles. The molecule has 0 unspecified atom stereocenters. The summed E-state index contributed by atoms with van der Waals surface area (Å²) in [5, 5.41) is 7.45. The highest BCUT2D eigenvalue weighted by molar-refractivity contribution is 6.16. The molecule has 0 saturated heterocycles. The Bertz CT molecular complexity index is 4150. The molecule has 0 spiro atoms. The van der Waals surface area contributed by atoms with E-state index in [-0.39, 0.29) is 0 Å². The van der Waals surface area contributed by atoms with Crippen molar-refractivity contribution in [1.82, 2.24) is 28.7 Å². The van der Waals surface area contributed by atoms with E-state index in [1.54, 1.807) is 0 Å². The van der Waals surface area contributed by atoms with Crippen LogP contribution in [0.25, 0.3) is 128 Å². The molecule has 4 aromatic heterocycles. The van der Waals surface area contributed by atoms with Crippen LogP contribution in [0.1, 0.15) is 11.1 Å². The van der Waals surface area contributed by atoms with E-state index >= 15 is 0 Å². The molecule has 4 heterocycles. The minimum absolute atomic E-state index is 0.591. The Morgan fingerprint density at radius 1 is 0.268 bits per heavy atom. The molecule has 6 heteroatoms. The molecule has 0 aliphatic heterocycles. The number of para-hydroxylation sites is 4. The highest BCUT2D eigenvalue weighted by atomic mass is 15.2. The Balaban J connectivity index is 0.995. The average Bonchev–Trinajstić information content (AvgIpc) is 4.09. The van der Waals surface area contributed by atoms with Crippen molar-refractivity contribution in [1.29, 1.82) is 0 Å². The first-order valence-electron chi connectivity index (χ1n) is 24.4. The summed E-state index contributed by atoms with van der Waals surface area (Å²) in [4.78, 5) is 15.9. The maximum absolute atomic E-state index is 5.40. The van der Waals surface area contributed by atoms with Gasteiger partial charge in [0.25, 0.3) is 0 Å². The van der Waals surface area contributed by atoms with Crippen molar-refractivity contribution in [2.45, 2.75) is 12.8 Å². The molecule has 0 bridgehead atoms. The maximum Gasteiger partial charge on any atom is 0.238 e. The zero-order valence-corrected chi connectivity index (χ0v) is 38.5. The summed E-state index contributed by atoms with van der Waals surface area (Å²) in [6, 6.07) is 83.0. The Labute approximate surface area is 409 Å². The first kappa shape index (κ1) is 39.6. The van der Waals surface area contributed by atoms with Crippen LogP contribution in [0, 0.1) is 0 Å². The minimum atomic E-state index is 0.591. The van der Waals surface area contributed by atoms with E-state index in [2.05, 4.69) is 208 Å². The van der Waals surface area contributed by atoms with Crippen molar-refractivity contribution in [3.05, 3.63) is 242 Å². The number of fused-ring (bicyclic) bond motifs is 6. The van der Waals surface area contributed by atoms with Crippen molar-refractivity contribution in [2.75, 3.05) is 0 Å². The van der Waals surface area contributed by atoms with Crippen LogP contribution in [-0.4, -0.2) is 28.7 Å². The van der Waals surface area contributed by atoms with Crippen molar-refractivity contribution in [3.63, 3.8) is 0 Å². The van der Waals surface area contributed by atoms with Gasteiger partial charge in [0.2, 0.25) is 5.95 Å². The molecule has 0 saturated carbocycles. The molecule has 6 nitrogen and oxygen atoms in total. The molecule has 0 radical (unpaired) electrons. The molecule has 0 fully saturated rings. The molecule has 332 valence electrons. The Hall–Kier alpha value is -9.39. The summed E-state index contributed by atoms with van der Waals surface area (Å²) in [6.07, 6.45) is 1.83. The van der Waals surface area contributed by atoms with E-state index in [9.17, 15) is 0 Å². The molecular formula is C65H42N6. The lowest BCUT2D eigenvalue weighted by Crippen LogP contribution is -2.06. The van der Waals surface area contributed by atoms with Crippen LogP contribution >= 0.6 is 0 Å². The van der Waals surface area contributed by atoms with Gasteiger partial charge in [0.1, 0.15) is 0 Å². The first-order valence-corrected chi connectivity index (χ1v) is 24.4. The van der Waals surface area contributed by atoms with E-state index in [0.717, 1.165) is 46.4 Å². The second-order valence-corrected chi connectivity index (χ2v) is 18.7. The van der Waals surface area contributed by atoms with Gasteiger partial charge in [-0.15, -0.1) is 0 Å². The van der Waals surface area contributed by atoms with E-state index < -0.39 is 0 Å². The number of nitrogens with zero attached hydrogens (tertiary/aromatic N) is 6. The number of aryl methyl sites for hydroxylation is 2. The number of benzene rings is 10. The van der Waals surface area contributed by atoms with Crippen LogP contribution in [-0.2, 0) is 12.8 Å². The second kappa shape index (κ2) is 15.6. The number of aromatic nitrogens is 6. The fourth-order valence-corrected chi connectivity index (χ4v) is 11.6. The lowest BCUT2D eigenvalue weighted by molar-refractivity contribution is 0.953. The van der Waals surface area contributed by atoms with Gasteiger partial charge in [-0.1, -0.05) is 158 Å². The summed E-state index contributed by atoms with van der Waals surface area (Å²) in [5.74, 6) is 1.86. The predicted molar refractivity (Wildman–Crippen MR) is 292 cm³/mol. The van der Waals surface area contributed by atoms with Gasteiger partial charge in [0.15, 0.2) is 11.6 Å². The fraction of sp³-hybridized carbons (Fsp3) is 0.0308. The van der Waals surface area contributed by atoms with Crippen LogP contribution in [0.3, 0.4) is 0 Å². The normalized spacial score (nSPS) is 12.4. The molecule has 0 amide bonds. The molecule has 0 atom stereocenters. The quantitative estimate of drug-likeness (QED) is 0.160. The summed E-state index contributed by atoms with van der Waals surface area (Å²) in [6.45, 7) is 0. The third-order valence-electron chi connectivity index (χ3n) is 14.7. The van der Waals surface area contributed by atoms with Crippen molar-refractivity contribution in [2.24, 2.45) is 0 Å². The van der Waals surface area contributed by atoms with Crippen LogP contribution in [0.5, 0.6) is 0 Å². The number of hydrogen-bond acceptors (Lipinski definition) is 3. The minimum Gasteiger partial charge on any atom is -0.309 e. The van der Waals surface area contributed by atoms with Crippen LogP contribution < -0.4 is 0 Å². The Morgan fingerprint density at radius 2 is 0.662 bits per heavy atom. The van der Waals surface area contributed by atoms with Gasteiger partial charge in [-0.05, 0) is 119 Å². The van der Waals surface area contributed by atoms with Gasteiger partial charge in [0.05, 0.1) is 33.1 Å². The zero-order valence-electron chi connectivity index (χ0n) is 38.5. The highest BCUT2D eigenvalue weighted by Gasteiger charge is 2.27. The Kier molecular flexibility index (Phi) is 8.68. The third-order valence-corrected chi connectivity index (χ3v) is 14.7. The van der Waals surface area contributed by atoms with E-state index in [0.29, 0.717) is 17.6 Å². The molecule has 1 aliphatic rings. The SMILES string of the molecule is c1ccc(-c2nc(-c3ccccc3)nc(-n3c4cc(-c5ccc6c(c5)c5ccccc5n6-c5ccccc5)cc5c4c4c(cc(-c6ccc7c(c6)c6ccccc6n7-c6ccccc6)cc43)CC5)n2)cc1. The first-order chi connectivity index (χ1) is 35.2. The van der Waals surface area contributed by atoms with Crippen LogP contribution in [0.4, 0.5) is 0 Å². The molecule has 15 rings (SSSR count). The molecule has 1 aliphatic carbocycles. The highest BCUT2D eigenvalue weighted by Crippen LogP contribution is 2.45. The summed E-state index contributed by atoms with van der Waals surface area (Å²) >= 11 is 0. The topological polar surface area (TPSA) is 53.5 Å². The number of rotatable bonds is 7. The Morgan fingerprint density at radius 3 is 1.11 bits per heavy atom. The maximum atomic E-state index is 5.40. The van der Waals surface area contributed by atoms with E-state index in [1.807, 2.05) is 36.4 Å². The lowest BCUT2D eigenvalue weighted by Gasteiger charge is -2.16. The van der Waals surface area contributed by atoms with E-state index in [1.165, 1.54) is 87.8 Å². The molecule has 0 N–H and O–H groups in total. The van der Waals surface area contributed by atoms with Gasteiger partial charge in [-0.25, -0.2) is 4.98 Å². The number of hydrogen-bond donors (Lipinski definition) is 0. The largest absolute Gasteiger partial charge is 0.309 e. The van der Waals surface area contributed by atoms with Crippen molar-refractivity contribution in [3.8, 4) is 62.4 Å². The van der Waals surface area contributed by atoms with Gasteiger partial charge in [-0.2, -0.15) is 9.97 Å². The second-order valence-electron chi connectivity index (χ2n) is 18.7. The van der Waals surface area contributed by atoms with Crippen molar-refractivity contribution >= 4 is 65.4 Å². The summed E-state index contributed by atoms with van der Waals surface area (Å²) < 4.78 is 7.09. The van der Waals surface area contributed by atoms with Gasteiger partial charge >= 0.3 is 0 Å². The molecule has 14 aromatic rings. The van der Waals surface area contributed by atoms with Crippen molar-refractivity contribution < 1.29 is 0 Å². The standard InChI is InChI=1S/C65H42N6/c1-5-17-41(18-6-1)63-66-64(42-19-7-2-8-20-42)68-65(67-63)71-59-39-47(43-31-33-57-53(37-43)51-25-13-15-27-55(51)69(57)49-21-9-3-10-22-49)35-45-29-30-46-36-48(40-60(71)62(46)61(45)59)44-32-34-58-54(38-44)52-26-14-16-28-56(52)70(58)50-23-11-4-12-24-50/h1-28,31-40H,29-30H2. The van der Waals surface area contributed by atoms with E-state index in [4.69, 9.17) is 15.0 Å². The lowest BCUT2D eigenvalue weighted by atomic mass is 9.87. The monoisotopic (exact) mass is 906 g/mol. The average molecular weight is 907 g/mol. The summed E-state index contributed by atoms with van der Waals surface area (Å²) in [5.41, 5.74) is 18.5. The van der Waals surface area contributed by atoms with Gasteiger partial charge in [0, 0.05) is 54.8 Å². The third kappa shape index (κ3) is 6.18. The molecular weight excluding hydrogens is 865 g/mol. The van der Waals surface area contributed by atoms with Crippen LogP contribution in [0.15, 0.2) is 231 Å². The zero-order chi connectivity index (χ0) is 46.6. The predicted octanol–water partition coefficient (Wildman–Crippen LogP) is 15.9. The smallest absolute Gasteiger partial charge is 0.238 e. The fourth-order valence-electron chi connectivity index (χ4n) is 11.6. The molecule has 71 heavy (non-hydrogen) atoms. The van der Waals surface area contributed by atoms with Crippen LogP contribution in [0.2, 0.25) is 0 Å². The summed E-state index contributed by atoms with van der Waals surface area (Å²) in [7, 11) is 0.